The van der Waals surface area contributed by atoms with Crippen LogP contribution in [0.1, 0.15) is 17.2 Å². The van der Waals surface area contributed by atoms with Crippen molar-refractivity contribution >= 4 is 0 Å². The zero-order valence-electron chi connectivity index (χ0n) is 11.5. The van der Waals surface area contributed by atoms with Crippen molar-refractivity contribution in [3.05, 3.63) is 58.9 Å². The number of rotatable bonds is 4. The highest BCUT2D eigenvalue weighted by molar-refractivity contribution is 5.46. The molecule has 21 heavy (non-hydrogen) atoms. The zero-order chi connectivity index (χ0) is 15.6. The summed E-state index contributed by atoms with van der Waals surface area (Å²) in [6.45, 7) is 0. The van der Waals surface area contributed by atoms with Crippen LogP contribution in [-0.4, -0.2) is 14.2 Å². The second kappa shape index (κ2) is 6.05. The highest BCUT2D eigenvalue weighted by Gasteiger charge is 2.20. The number of nitrogens with two attached hydrogens (primary N) is 1. The number of halogens is 3. The number of methoxy groups -OCH3 is 2. The van der Waals surface area contributed by atoms with Crippen LogP contribution in [-0.2, 0) is 0 Å². The fourth-order valence-corrected chi connectivity index (χ4v) is 2.02. The Balaban J connectivity index is 2.49. The summed E-state index contributed by atoms with van der Waals surface area (Å²) in [5.41, 5.74) is 6.23. The molecule has 2 aromatic carbocycles. The summed E-state index contributed by atoms with van der Waals surface area (Å²) in [7, 11) is 2.91. The Hall–Kier alpha value is -2.21. The van der Waals surface area contributed by atoms with Crippen LogP contribution in [0.4, 0.5) is 13.2 Å². The quantitative estimate of drug-likeness (QED) is 0.882. The smallest absolute Gasteiger partial charge is 0.161 e. The van der Waals surface area contributed by atoms with Crippen LogP contribution < -0.4 is 15.2 Å². The number of ether oxygens (including phenoxy) is 2. The molecule has 0 aliphatic carbocycles. The minimum atomic E-state index is -1.26. The minimum Gasteiger partial charge on any atom is -0.497 e. The van der Waals surface area contributed by atoms with Crippen molar-refractivity contribution in [2.24, 2.45) is 5.73 Å². The van der Waals surface area contributed by atoms with Crippen molar-refractivity contribution in [3.8, 4) is 11.5 Å². The molecule has 2 aromatic rings. The lowest BCUT2D eigenvalue weighted by molar-refractivity contribution is 0.389. The molecule has 0 heterocycles. The predicted molar refractivity (Wildman–Crippen MR) is 71.9 cm³/mol. The Morgan fingerprint density at radius 3 is 2.14 bits per heavy atom. The summed E-state index contributed by atoms with van der Waals surface area (Å²) in [4.78, 5) is 0. The first-order valence-corrected chi connectivity index (χ1v) is 6.10. The van der Waals surface area contributed by atoms with E-state index in [9.17, 15) is 13.2 Å². The van der Waals surface area contributed by atoms with Crippen LogP contribution >= 0.6 is 0 Å². The first-order chi connectivity index (χ1) is 9.97. The molecule has 0 radical (unpaired) electrons. The predicted octanol–water partition coefficient (Wildman–Crippen LogP) is 3.17. The fraction of sp³-hybridized carbons (Fsp3) is 0.200. The van der Waals surface area contributed by atoms with Crippen LogP contribution in [0.3, 0.4) is 0 Å². The minimum absolute atomic E-state index is 0.155. The molecule has 0 fully saturated rings. The van der Waals surface area contributed by atoms with Gasteiger partial charge in [-0.2, -0.15) is 0 Å². The van der Waals surface area contributed by atoms with Crippen LogP contribution in [0, 0.1) is 17.5 Å². The Bertz CT molecular complexity index is 662. The molecule has 0 saturated carbocycles. The first kappa shape index (κ1) is 15.2. The first-order valence-electron chi connectivity index (χ1n) is 6.10. The van der Waals surface area contributed by atoms with E-state index in [1.807, 2.05) is 0 Å². The highest BCUT2D eigenvalue weighted by Crippen LogP contribution is 2.33. The molecule has 0 aliphatic rings. The molecule has 1 unspecified atom stereocenters. The van der Waals surface area contributed by atoms with Gasteiger partial charge in [0.2, 0.25) is 0 Å². The van der Waals surface area contributed by atoms with E-state index in [0.717, 1.165) is 6.07 Å². The number of hydrogen-bond acceptors (Lipinski definition) is 3. The van der Waals surface area contributed by atoms with Gasteiger partial charge in [0.05, 0.1) is 20.3 Å². The standard InChI is InChI=1S/C15H14F3NO2/c1-20-8-3-4-9(14(5-8)21-2)15(19)10-6-12(17)13(18)7-11(10)16/h3-7,15H,19H2,1-2H3. The van der Waals surface area contributed by atoms with Gasteiger partial charge in [-0.1, -0.05) is 0 Å². The Morgan fingerprint density at radius 2 is 1.52 bits per heavy atom. The van der Waals surface area contributed by atoms with E-state index in [1.54, 1.807) is 18.2 Å². The van der Waals surface area contributed by atoms with Crippen LogP contribution in [0.2, 0.25) is 0 Å². The average Bonchev–Trinajstić information content (AvgIpc) is 2.49. The monoisotopic (exact) mass is 297 g/mol. The van der Waals surface area contributed by atoms with Gasteiger partial charge >= 0.3 is 0 Å². The summed E-state index contributed by atoms with van der Waals surface area (Å²) in [6.07, 6.45) is 0. The van der Waals surface area contributed by atoms with Gasteiger partial charge in [0.1, 0.15) is 17.3 Å². The number of benzene rings is 2. The summed E-state index contributed by atoms with van der Waals surface area (Å²) in [5.74, 6) is -2.43. The van der Waals surface area contributed by atoms with Crippen molar-refractivity contribution in [1.29, 1.82) is 0 Å². The maximum Gasteiger partial charge on any atom is 0.161 e. The van der Waals surface area contributed by atoms with E-state index >= 15 is 0 Å². The average molecular weight is 297 g/mol. The van der Waals surface area contributed by atoms with E-state index in [2.05, 4.69) is 0 Å². The van der Waals surface area contributed by atoms with Crippen molar-refractivity contribution < 1.29 is 22.6 Å². The SMILES string of the molecule is COc1ccc(C(N)c2cc(F)c(F)cc2F)c(OC)c1. The molecular formula is C15H14F3NO2. The second-order valence-corrected chi connectivity index (χ2v) is 4.37. The lowest BCUT2D eigenvalue weighted by Crippen LogP contribution is -2.15. The highest BCUT2D eigenvalue weighted by atomic mass is 19.2. The van der Waals surface area contributed by atoms with E-state index in [-0.39, 0.29) is 5.56 Å². The van der Waals surface area contributed by atoms with Gasteiger partial charge in [-0.3, -0.25) is 0 Å². The van der Waals surface area contributed by atoms with Gasteiger partial charge < -0.3 is 15.2 Å². The van der Waals surface area contributed by atoms with Crippen molar-refractivity contribution in [1.82, 2.24) is 0 Å². The third-order valence-electron chi connectivity index (χ3n) is 3.15. The molecule has 112 valence electrons. The van der Waals surface area contributed by atoms with Gasteiger partial charge in [-0.15, -0.1) is 0 Å². The molecular weight excluding hydrogens is 283 g/mol. The van der Waals surface area contributed by atoms with Gasteiger partial charge in [0.25, 0.3) is 0 Å². The van der Waals surface area contributed by atoms with Crippen LogP contribution in [0.5, 0.6) is 11.5 Å². The molecule has 0 saturated heterocycles. The molecule has 0 aromatic heterocycles. The topological polar surface area (TPSA) is 44.5 Å². The summed E-state index contributed by atoms with van der Waals surface area (Å²) >= 11 is 0. The van der Waals surface area contributed by atoms with E-state index in [4.69, 9.17) is 15.2 Å². The van der Waals surface area contributed by atoms with Crippen molar-refractivity contribution in [3.63, 3.8) is 0 Å². The summed E-state index contributed by atoms with van der Waals surface area (Å²) < 4.78 is 50.3. The summed E-state index contributed by atoms with van der Waals surface area (Å²) in [5, 5.41) is 0. The summed E-state index contributed by atoms with van der Waals surface area (Å²) in [6, 6.07) is 5.01. The van der Waals surface area contributed by atoms with E-state index in [1.165, 1.54) is 14.2 Å². The number of hydrogen-bond donors (Lipinski definition) is 1. The molecule has 1 atom stereocenters. The van der Waals surface area contributed by atoms with Crippen LogP contribution in [0.15, 0.2) is 30.3 Å². The third kappa shape index (κ3) is 2.95. The molecule has 0 spiro atoms. The largest absolute Gasteiger partial charge is 0.497 e. The van der Waals surface area contributed by atoms with E-state index < -0.39 is 23.5 Å². The van der Waals surface area contributed by atoms with Gasteiger partial charge in [0, 0.05) is 23.3 Å². The van der Waals surface area contributed by atoms with Crippen LogP contribution in [0.25, 0.3) is 0 Å². The molecule has 2 N–H and O–H groups in total. The van der Waals surface area contributed by atoms with Gasteiger partial charge in [-0.25, -0.2) is 13.2 Å². The maximum atomic E-state index is 13.8. The van der Waals surface area contributed by atoms with E-state index in [0.29, 0.717) is 23.1 Å². The van der Waals surface area contributed by atoms with Crippen molar-refractivity contribution in [2.45, 2.75) is 6.04 Å². The Kier molecular flexibility index (Phi) is 4.37. The lowest BCUT2D eigenvalue weighted by atomic mass is 9.97. The molecule has 0 aliphatic heterocycles. The maximum absolute atomic E-state index is 13.8. The molecule has 6 heteroatoms. The lowest BCUT2D eigenvalue weighted by Gasteiger charge is -2.17. The normalized spacial score (nSPS) is 12.1. The van der Waals surface area contributed by atoms with Gasteiger partial charge in [0.15, 0.2) is 11.6 Å². The fourth-order valence-electron chi connectivity index (χ4n) is 2.02. The Morgan fingerprint density at radius 1 is 0.857 bits per heavy atom. The molecule has 3 nitrogen and oxygen atoms in total. The molecule has 2 rings (SSSR count). The third-order valence-corrected chi connectivity index (χ3v) is 3.15. The van der Waals surface area contributed by atoms with Crippen molar-refractivity contribution in [2.75, 3.05) is 14.2 Å². The molecule has 0 bridgehead atoms. The van der Waals surface area contributed by atoms with Gasteiger partial charge in [-0.05, 0) is 18.2 Å². The molecule has 0 amide bonds. The second-order valence-electron chi connectivity index (χ2n) is 4.37. The zero-order valence-corrected chi connectivity index (χ0v) is 11.5. The Labute approximate surface area is 120 Å².